The van der Waals surface area contributed by atoms with Gasteiger partial charge in [-0.1, -0.05) is 66.2 Å². The van der Waals surface area contributed by atoms with E-state index in [1.54, 1.807) is 13.0 Å². The molecule has 1 aliphatic rings. The fraction of sp³-hybridized carbons (Fsp3) is 0.167. The van der Waals surface area contributed by atoms with E-state index in [1.165, 1.54) is 17.8 Å². The van der Waals surface area contributed by atoms with Crippen molar-refractivity contribution >= 4 is 40.9 Å². The number of allylic oxidation sites excluding steroid dienone is 2. The van der Waals surface area contributed by atoms with Crippen molar-refractivity contribution in [3.63, 3.8) is 0 Å². The quantitative estimate of drug-likeness (QED) is 0.377. The fourth-order valence-electron chi connectivity index (χ4n) is 3.27. The van der Waals surface area contributed by atoms with Crippen LogP contribution in [0.25, 0.3) is 0 Å². The molecular formula is C24H20Cl2N2O2S. The second-order valence-electron chi connectivity index (χ2n) is 6.78. The number of nitriles is 1. The van der Waals surface area contributed by atoms with Crippen LogP contribution in [0.1, 0.15) is 24.0 Å². The molecule has 0 radical (unpaired) electrons. The van der Waals surface area contributed by atoms with Gasteiger partial charge in [-0.25, -0.2) is 4.79 Å². The summed E-state index contributed by atoms with van der Waals surface area (Å²) in [6.45, 7) is 5.46. The molecule has 0 saturated heterocycles. The summed E-state index contributed by atoms with van der Waals surface area (Å²) >= 11 is 13.9. The van der Waals surface area contributed by atoms with E-state index in [1.807, 2.05) is 42.5 Å². The fourth-order valence-corrected chi connectivity index (χ4v) is 4.68. The Morgan fingerprint density at radius 2 is 1.97 bits per heavy atom. The van der Waals surface area contributed by atoms with E-state index >= 15 is 0 Å². The Morgan fingerprint density at radius 1 is 1.26 bits per heavy atom. The number of thioether (sulfide) groups is 1. The Morgan fingerprint density at radius 3 is 2.61 bits per heavy atom. The highest BCUT2D eigenvalue weighted by atomic mass is 35.5. The van der Waals surface area contributed by atoms with Crippen LogP contribution in [0.15, 0.2) is 83.1 Å². The van der Waals surface area contributed by atoms with Crippen LogP contribution in [0.5, 0.6) is 0 Å². The third-order valence-corrected chi connectivity index (χ3v) is 6.40. The van der Waals surface area contributed by atoms with E-state index in [0.717, 1.165) is 5.56 Å². The Hall–Kier alpha value is -2.65. The number of esters is 1. The molecule has 1 aliphatic heterocycles. The summed E-state index contributed by atoms with van der Waals surface area (Å²) in [4.78, 5) is 12.9. The molecule has 0 spiro atoms. The SMILES string of the molecule is C=CCOC(=O)C1=C(C)NC(SCc2ccc(Cl)cc2)=C(C#N)C1c1ccccc1Cl. The Kier molecular flexibility index (Phi) is 7.86. The van der Waals surface area contributed by atoms with Gasteiger partial charge in [-0.3, -0.25) is 0 Å². The molecule has 2 aromatic rings. The second-order valence-corrected chi connectivity index (χ2v) is 8.60. The molecule has 158 valence electrons. The number of ether oxygens (including phenoxy) is 1. The molecule has 7 heteroatoms. The number of nitrogens with zero attached hydrogens (tertiary/aromatic N) is 1. The molecule has 0 saturated carbocycles. The maximum absolute atomic E-state index is 12.9. The Balaban J connectivity index is 2.02. The number of hydrogen-bond donors (Lipinski definition) is 1. The van der Waals surface area contributed by atoms with Gasteiger partial charge in [0.2, 0.25) is 0 Å². The first-order valence-corrected chi connectivity index (χ1v) is 11.2. The number of halogens is 2. The molecule has 2 aromatic carbocycles. The van der Waals surface area contributed by atoms with Gasteiger partial charge in [0.05, 0.1) is 28.2 Å². The number of hydrogen-bond acceptors (Lipinski definition) is 5. The van der Waals surface area contributed by atoms with Gasteiger partial charge in [0.1, 0.15) is 6.61 Å². The molecule has 0 aliphatic carbocycles. The molecule has 0 aromatic heterocycles. The molecule has 4 nitrogen and oxygen atoms in total. The first-order chi connectivity index (χ1) is 15.0. The molecule has 0 fully saturated rings. The van der Waals surface area contributed by atoms with E-state index < -0.39 is 11.9 Å². The second kappa shape index (κ2) is 10.6. The van der Waals surface area contributed by atoms with Gasteiger partial charge in [-0.2, -0.15) is 5.26 Å². The molecule has 1 atom stereocenters. The van der Waals surface area contributed by atoms with Gasteiger partial charge in [-0.05, 0) is 36.2 Å². The van der Waals surface area contributed by atoms with Gasteiger partial charge in [0.25, 0.3) is 0 Å². The predicted molar refractivity (Wildman–Crippen MR) is 127 cm³/mol. The zero-order valence-corrected chi connectivity index (χ0v) is 19.2. The number of benzene rings is 2. The van der Waals surface area contributed by atoms with Crippen molar-refractivity contribution in [3.05, 3.63) is 104 Å². The van der Waals surface area contributed by atoms with Crippen molar-refractivity contribution in [3.8, 4) is 6.07 Å². The van der Waals surface area contributed by atoms with E-state index in [2.05, 4.69) is 18.0 Å². The van der Waals surface area contributed by atoms with Gasteiger partial charge in [-0.15, -0.1) is 11.8 Å². The lowest BCUT2D eigenvalue weighted by molar-refractivity contribution is -0.138. The lowest BCUT2D eigenvalue weighted by atomic mass is 9.82. The van der Waals surface area contributed by atoms with Crippen molar-refractivity contribution in [2.45, 2.75) is 18.6 Å². The first kappa shape index (κ1) is 23.0. The van der Waals surface area contributed by atoms with Crippen LogP contribution >= 0.6 is 35.0 Å². The van der Waals surface area contributed by atoms with Crippen LogP contribution < -0.4 is 5.32 Å². The monoisotopic (exact) mass is 470 g/mol. The summed E-state index contributed by atoms with van der Waals surface area (Å²) in [6, 6.07) is 17.1. The summed E-state index contributed by atoms with van der Waals surface area (Å²) in [5.74, 6) is -0.516. The molecule has 1 heterocycles. The maximum Gasteiger partial charge on any atom is 0.337 e. The lowest BCUT2D eigenvalue weighted by Crippen LogP contribution is -2.29. The van der Waals surface area contributed by atoms with Gasteiger partial charge in [0, 0.05) is 21.5 Å². The van der Waals surface area contributed by atoms with Crippen molar-refractivity contribution < 1.29 is 9.53 Å². The van der Waals surface area contributed by atoms with Crippen molar-refractivity contribution in [1.82, 2.24) is 5.32 Å². The summed E-state index contributed by atoms with van der Waals surface area (Å²) < 4.78 is 5.31. The van der Waals surface area contributed by atoms with Crippen LogP contribution in [0.3, 0.4) is 0 Å². The largest absolute Gasteiger partial charge is 0.458 e. The number of dihydropyridines is 1. The Labute approximate surface area is 196 Å². The molecular weight excluding hydrogens is 451 g/mol. The average Bonchev–Trinajstić information content (AvgIpc) is 2.77. The Bertz CT molecular complexity index is 1100. The normalized spacial score (nSPS) is 15.9. The molecule has 1 unspecified atom stereocenters. The average molecular weight is 471 g/mol. The van der Waals surface area contributed by atoms with E-state index in [0.29, 0.717) is 43.2 Å². The highest BCUT2D eigenvalue weighted by molar-refractivity contribution is 8.02. The minimum Gasteiger partial charge on any atom is -0.458 e. The van der Waals surface area contributed by atoms with E-state index in [9.17, 15) is 10.1 Å². The van der Waals surface area contributed by atoms with E-state index in [4.69, 9.17) is 27.9 Å². The van der Waals surface area contributed by atoms with Crippen LogP contribution in [0.2, 0.25) is 10.0 Å². The number of carbonyl (C=O) groups is 1. The highest BCUT2D eigenvalue weighted by Gasteiger charge is 2.36. The smallest absolute Gasteiger partial charge is 0.337 e. The summed E-state index contributed by atoms with van der Waals surface area (Å²) in [6.07, 6.45) is 1.50. The third-order valence-electron chi connectivity index (χ3n) is 4.71. The van der Waals surface area contributed by atoms with Crippen molar-refractivity contribution in [2.75, 3.05) is 6.61 Å². The topological polar surface area (TPSA) is 62.1 Å². The molecule has 3 rings (SSSR count). The van der Waals surface area contributed by atoms with Crippen molar-refractivity contribution in [1.29, 1.82) is 5.26 Å². The summed E-state index contributed by atoms with van der Waals surface area (Å²) in [5.41, 5.74) is 3.15. The molecule has 1 N–H and O–H groups in total. The predicted octanol–water partition coefficient (Wildman–Crippen LogP) is 6.35. The third kappa shape index (κ3) is 5.34. The number of carbonyl (C=O) groups excluding carboxylic acids is 1. The minimum absolute atomic E-state index is 0.0780. The molecule has 0 bridgehead atoms. The van der Waals surface area contributed by atoms with Crippen LogP contribution in [-0.4, -0.2) is 12.6 Å². The lowest BCUT2D eigenvalue weighted by Gasteiger charge is -2.29. The van der Waals surface area contributed by atoms with Crippen molar-refractivity contribution in [2.24, 2.45) is 0 Å². The zero-order chi connectivity index (χ0) is 22.4. The number of nitrogens with one attached hydrogen (secondary N) is 1. The molecule has 31 heavy (non-hydrogen) atoms. The summed E-state index contributed by atoms with van der Waals surface area (Å²) in [7, 11) is 0. The van der Waals surface area contributed by atoms with Gasteiger partial charge < -0.3 is 10.1 Å². The van der Waals surface area contributed by atoms with Crippen LogP contribution in [0, 0.1) is 11.3 Å². The highest BCUT2D eigenvalue weighted by Crippen LogP contribution is 2.43. The zero-order valence-electron chi connectivity index (χ0n) is 16.8. The summed E-state index contributed by atoms with van der Waals surface area (Å²) in [5, 5.41) is 15.1. The first-order valence-electron chi connectivity index (χ1n) is 9.48. The van der Waals surface area contributed by atoms with E-state index in [-0.39, 0.29) is 6.61 Å². The maximum atomic E-state index is 12.9. The van der Waals surface area contributed by atoms with Gasteiger partial charge >= 0.3 is 5.97 Å². The van der Waals surface area contributed by atoms with Gasteiger partial charge in [0.15, 0.2) is 0 Å². The standard InChI is InChI=1S/C24H20Cl2N2O2S/c1-3-12-30-24(29)21-15(2)28-23(31-14-16-8-10-17(25)11-9-16)19(13-27)22(21)18-6-4-5-7-20(18)26/h3-11,22,28H,1,12,14H2,2H3. The minimum atomic E-state index is -0.634. The molecule has 0 amide bonds. The van der Waals surface area contributed by atoms with Crippen LogP contribution in [-0.2, 0) is 15.3 Å². The van der Waals surface area contributed by atoms with Crippen LogP contribution in [0.4, 0.5) is 0 Å². The number of rotatable bonds is 7.